The molecule has 160 valence electrons. The Hall–Kier alpha value is -4.06. The molecule has 5 nitrogen and oxygen atoms in total. The number of rotatable bonds is 5. The summed E-state index contributed by atoms with van der Waals surface area (Å²) in [6, 6.07) is 17.7. The largest absolute Gasteiger partial charge is 0.337 e. The number of hydrogen-bond donors (Lipinski definition) is 1. The van der Waals surface area contributed by atoms with Crippen molar-refractivity contribution >= 4 is 28.3 Å². The van der Waals surface area contributed by atoms with Gasteiger partial charge in [-0.1, -0.05) is 29.3 Å². The minimum atomic E-state index is -0.522. The predicted molar refractivity (Wildman–Crippen MR) is 123 cm³/mol. The van der Waals surface area contributed by atoms with Gasteiger partial charge in [-0.15, -0.1) is 0 Å². The van der Waals surface area contributed by atoms with Gasteiger partial charge in [0.1, 0.15) is 12.4 Å². The Labute approximate surface area is 184 Å². The first-order valence-corrected chi connectivity index (χ1v) is 10.1. The molecule has 4 rings (SSSR count). The van der Waals surface area contributed by atoms with E-state index in [2.05, 4.69) is 5.32 Å². The zero-order chi connectivity index (χ0) is 22.8. The molecule has 0 saturated carbocycles. The maximum Gasteiger partial charge on any atom is 0.244 e. The number of anilines is 1. The van der Waals surface area contributed by atoms with Crippen molar-refractivity contribution < 1.29 is 14.0 Å². The van der Waals surface area contributed by atoms with Crippen LogP contribution in [0.4, 0.5) is 10.1 Å². The third-order valence-electron chi connectivity index (χ3n) is 5.24. The van der Waals surface area contributed by atoms with Gasteiger partial charge in [0, 0.05) is 22.8 Å². The summed E-state index contributed by atoms with van der Waals surface area (Å²) in [4.78, 5) is 38.9. The second-order valence-electron chi connectivity index (χ2n) is 7.77. The standard InChI is InChI=1S/C26H21FN2O3/c1-16-3-10-20(11-4-16)28-24(30)15-29-14-22(25(31)18-6-8-19(27)9-7-18)26(32)21-13-17(2)5-12-23(21)29/h3-14H,15H2,1-2H3,(H,28,30). The second kappa shape index (κ2) is 8.59. The summed E-state index contributed by atoms with van der Waals surface area (Å²) < 4.78 is 14.9. The summed E-state index contributed by atoms with van der Waals surface area (Å²) in [5, 5.41) is 3.18. The minimum absolute atomic E-state index is 0.0714. The van der Waals surface area contributed by atoms with Gasteiger partial charge in [0.25, 0.3) is 0 Å². The quantitative estimate of drug-likeness (QED) is 0.472. The molecule has 32 heavy (non-hydrogen) atoms. The van der Waals surface area contributed by atoms with E-state index in [0.717, 1.165) is 11.1 Å². The molecule has 0 unspecified atom stereocenters. The molecule has 1 N–H and O–H groups in total. The van der Waals surface area contributed by atoms with Crippen molar-refractivity contribution in [2.75, 3.05) is 5.32 Å². The Bertz CT molecular complexity index is 1390. The van der Waals surface area contributed by atoms with Crippen LogP contribution in [0.3, 0.4) is 0 Å². The zero-order valence-corrected chi connectivity index (χ0v) is 17.7. The monoisotopic (exact) mass is 428 g/mol. The van der Waals surface area contributed by atoms with Gasteiger partial charge in [-0.25, -0.2) is 4.39 Å². The number of hydrogen-bond acceptors (Lipinski definition) is 3. The maximum atomic E-state index is 13.3. The molecular weight excluding hydrogens is 407 g/mol. The first kappa shape index (κ1) is 21.2. The summed E-state index contributed by atoms with van der Waals surface area (Å²) in [5.74, 6) is -1.29. The fraction of sp³-hybridized carbons (Fsp3) is 0.115. The van der Waals surface area contributed by atoms with Gasteiger partial charge >= 0.3 is 0 Å². The molecule has 3 aromatic carbocycles. The Balaban J connectivity index is 1.75. The van der Waals surface area contributed by atoms with Crippen molar-refractivity contribution in [2.45, 2.75) is 20.4 Å². The lowest BCUT2D eigenvalue weighted by molar-refractivity contribution is -0.116. The number of aromatic nitrogens is 1. The van der Waals surface area contributed by atoms with Crippen LogP contribution in [0.5, 0.6) is 0 Å². The van der Waals surface area contributed by atoms with E-state index < -0.39 is 17.0 Å². The van der Waals surface area contributed by atoms with Gasteiger partial charge < -0.3 is 9.88 Å². The van der Waals surface area contributed by atoms with E-state index >= 15 is 0 Å². The first-order valence-electron chi connectivity index (χ1n) is 10.1. The lowest BCUT2D eigenvalue weighted by Crippen LogP contribution is -2.24. The highest BCUT2D eigenvalue weighted by Gasteiger charge is 2.18. The van der Waals surface area contributed by atoms with Crippen molar-refractivity contribution in [1.29, 1.82) is 0 Å². The van der Waals surface area contributed by atoms with Crippen LogP contribution in [0.15, 0.2) is 77.7 Å². The van der Waals surface area contributed by atoms with Crippen molar-refractivity contribution in [3.8, 4) is 0 Å². The van der Waals surface area contributed by atoms with Crippen molar-refractivity contribution in [2.24, 2.45) is 0 Å². The normalized spacial score (nSPS) is 10.8. The number of amides is 1. The molecule has 0 fully saturated rings. The van der Waals surface area contributed by atoms with E-state index in [4.69, 9.17) is 0 Å². The van der Waals surface area contributed by atoms with E-state index in [1.807, 2.05) is 44.2 Å². The average Bonchev–Trinajstić information content (AvgIpc) is 2.77. The summed E-state index contributed by atoms with van der Waals surface area (Å²) in [7, 11) is 0. The molecule has 6 heteroatoms. The van der Waals surface area contributed by atoms with Crippen LogP contribution in [-0.4, -0.2) is 16.3 Å². The van der Waals surface area contributed by atoms with Crippen LogP contribution >= 0.6 is 0 Å². The van der Waals surface area contributed by atoms with Gasteiger partial charge in [0.2, 0.25) is 11.3 Å². The Kier molecular flexibility index (Phi) is 5.69. The smallest absolute Gasteiger partial charge is 0.244 e. The fourth-order valence-electron chi connectivity index (χ4n) is 3.55. The van der Waals surface area contributed by atoms with Gasteiger partial charge in [-0.3, -0.25) is 14.4 Å². The van der Waals surface area contributed by atoms with Crippen LogP contribution in [0.2, 0.25) is 0 Å². The Morgan fingerprint density at radius 2 is 1.56 bits per heavy atom. The number of nitrogens with zero attached hydrogens (tertiary/aromatic N) is 1. The number of carbonyl (C=O) groups is 2. The molecule has 0 spiro atoms. The Morgan fingerprint density at radius 1 is 0.906 bits per heavy atom. The Morgan fingerprint density at radius 3 is 2.25 bits per heavy atom. The number of ketones is 1. The van der Waals surface area contributed by atoms with E-state index in [-0.39, 0.29) is 23.6 Å². The average molecular weight is 428 g/mol. The number of benzene rings is 3. The molecule has 0 saturated heterocycles. The van der Waals surface area contributed by atoms with Crippen LogP contribution in [0, 0.1) is 19.7 Å². The maximum absolute atomic E-state index is 13.3. The zero-order valence-electron chi connectivity index (χ0n) is 17.7. The lowest BCUT2D eigenvalue weighted by atomic mass is 10.0. The summed E-state index contributed by atoms with van der Waals surface area (Å²) in [6.45, 7) is 3.72. The lowest BCUT2D eigenvalue weighted by Gasteiger charge is -2.14. The fourth-order valence-corrected chi connectivity index (χ4v) is 3.55. The van der Waals surface area contributed by atoms with E-state index in [1.54, 1.807) is 16.7 Å². The summed E-state index contributed by atoms with van der Waals surface area (Å²) >= 11 is 0. The molecule has 1 heterocycles. The molecule has 0 aliphatic rings. The van der Waals surface area contributed by atoms with Crippen LogP contribution in [-0.2, 0) is 11.3 Å². The highest BCUT2D eigenvalue weighted by atomic mass is 19.1. The van der Waals surface area contributed by atoms with Gasteiger partial charge in [0.15, 0.2) is 5.78 Å². The number of pyridine rings is 1. The van der Waals surface area contributed by atoms with Crippen molar-refractivity contribution in [3.63, 3.8) is 0 Å². The third-order valence-corrected chi connectivity index (χ3v) is 5.24. The minimum Gasteiger partial charge on any atom is -0.337 e. The van der Waals surface area contributed by atoms with Crippen LogP contribution in [0.1, 0.15) is 27.0 Å². The van der Waals surface area contributed by atoms with Gasteiger partial charge in [-0.05, 0) is 62.4 Å². The third kappa shape index (κ3) is 4.34. The SMILES string of the molecule is Cc1ccc(NC(=O)Cn2cc(C(=O)c3ccc(F)cc3)c(=O)c3cc(C)ccc32)cc1. The summed E-state index contributed by atoms with van der Waals surface area (Å²) in [6.07, 6.45) is 1.40. The van der Waals surface area contributed by atoms with Gasteiger partial charge in [-0.2, -0.15) is 0 Å². The summed E-state index contributed by atoms with van der Waals surface area (Å²) in [5.41, 5.74) is 2.85. The molecular formula is C26H21FN2O3. The number of fused-ring (bicyclic) bond motifs is 1. The molecule has 0 atom stereocenters. The van der Waals surface area contributed by atoms with Gasteiger partial charge in [0.05, 0.1) is 11.1 Å². The van der Waals surface area contributed by atoms with E-state index in [0.29, 0.717) is 16.6 Å². The van der Waals surface area contributed by atoms with Crippen LogP contribution < -0.4 is 10.7 Å². The first-order chi connectivity index (χ1) is 15.3. The second-order valence-corrected chi connectivity index (χ2v) is 7.77. The van der Waals surface area contributed by atoms with E-state index in [9.17, 15) is 18.8 Å². The molecule has 0 aliphatic carbocycles. The highest BCUT2D eigenvalue weighted by Crippen LogP contribution is 2.17. The number of halogens is 1. The number of nitrogens with one attached hydrogen (secondary N) is 1. The molecule has 4 aromatic rings. The highest BCUT2D eigenvalue weighted by molar-refractivity contribution is 6.10. The molecule has 0 radical (unpaired) electrons. The molecule has 1 aromatic heterocycles. The number of aryl methyl sites for hydroxylation is 2. The molecule has 1 amide bonds. The topological polar surface area (TPSA) is 68.2 Å². The van der Waals surface area contributed by atoms with Crippen molar-refractivity contribution in [1.82, 2.24) is 4.57 Å². The molecule has 0 bridgehead atoms. The van der Waals surface area contributed by atoms with Crippen molar-refractivity contribution in [3.05, 3.63) is 111 Å². The molecule has 0 aliphatic heterocycles. The van der Waals surface area contributed by atoms with Crippen LogP contribution in [0.25, 0.3) is 10.9 Å². The predicted octanol–water partition coefficient (Wildman–Crippen LogP) is 4.63. The number of carbonyl (C=O) groups excluding carboxylic acids is 2. The van der Waals surface area contributed by atoms with E-state index in [1.165, 1.54) is 30.5 Å².